The lowest BCUT2D eigenvalue weighted by Crippen LogP contribution is -2.45. The Bertz CT molecular complexity index is 825. The van der Waals surface area contributed by atoms with Crippen LogP contribution in [0.1, 0.15) is 42.6 Å². The van der Waals surface area contributed by atoms with E-state index in [2.05, 4.69) is 10.2 Å². The van der Waals surface area contributed by atoms with E-state index in [0.717, 1.165) is 22.9 Å². The normalized spacial score (nSPS) is 19.6. The number of aliphatic hydroxyl groups is 1. The van der Waals surface area contributed by atoms with Crippen molar-refractivity contribution in [2.45, 2.75) is 44.6 Å². The molecule has 0 spiro atoms. The van der Waals surface area contributed by atoms with Gasteiger partial charge < -0.3 is 10.0 Å². The maximum Gasteiger partial charge on any atom is 0.280 e. The summed E-state index contributed by atoms with van der Waals surface area (Å²) in [5.74, 6) is -4.27. The molecule has 1 aromatic carbocycles. The minimum Gasteiger partial charge on any atom is -0.382 e. The van der Waals surface area contributed by atoms with E-state index in [1.165, 1.54) is 6.92 Å². The molecule has 0 saturated carbocycles. The lowest BCUT2D eigenvalue weighted by atomic mass is 9.77. The van der Waals surface area contributed by atoms with Gasteiger partial charge in [0.2, 0.25) is 5.91 Å². The van der Waals surface area contributed by atoms with Crippen LogP contribution in [0.15, 0.2) is 12.3 Å². The number of halogens is 2. The SMILES string of the molecule is CC(=O)N1CCC(C(F)(F)C(O)c2c3c(cc4cn[nH]c24)CC3)CC1. The molecule has 1 amide bonds. The van der Waals surface area contributed by atoms with E-state index < -0.39 is 17.9 Å². The number of likely N-dealkylation sites (tertiary alicyclic amines) is 1. The van der Waals surface area contributed by atoms with Crippen molar-refractivity contribution >= 4 is 16.8 Å². The van der Waals surface area contributed by atoms with Crippen molar-refractivity contribution in [2.75, 3.05) is 13.1 Å². The Labute approximate surface area is 144 Å². The number of benzene rings is 1. The number of alkyl halides is 2. The second-order valence-corrected chi connectivity index (χ2v) is 7.12. The zero-order valence-electron chi connectivity index (χ0n) is 14.1. The predicted octanol–water partition coefficient (Wildman–Crippen LogP) is 2.59. The highest BCUT2D eigenvalue weighted by Crippen LogP contribution is 2.46. The van der Waals surface area contributed by atoms with Crippen LogP contribution < -0.4 is 0 Å². The molecule has 2 aliphatic rings. The molecule has 25 heavy (non-hydrogen) atoms. The maximum absolute atomic E-state index is 15.1. The van der Waals surface area contributed by atoms with Crippen molar-refractivity contribution in [3.63, 3.8) is 0 Å². The molecule has 0 bridgehead atoms. The Balaban J connectivity index is 1.65. The summed E-state index contributed by atoms with van der Waals surface area (Å²) in [6.07, 6.45) is 1.69. The Hall–Kier alpha value is -2.02. The molecular formula is C18H21F2N3O2. The van der Waals surface area contributed by atoms with E-state index in [1.807, 2.05) is 6.07 Å². The van der Waals surface area contributed by atoms with E-state index in [4.69, 9.17) is 0 Å². The number of piperidine rings is 1. The molecule has 1 unspecified atom stereocenters. The summed E-state index contributed by atoms with van der Waals surface area (Å²) >= 11 is 0. The van der Waals surface area contributed by atoms with Crippen LogP contribution in [-0.2, 0) is 17.6 Å². The molecule has 2 N–H and O–H groups in total. The average molecular weight is 349 g/mol. The standard InChI is InChI=1S/C18H21F2N3O2/c1-10(24)23-6-4-13(5-7-23)18(19,20)17(25)15-14-3-2-11(14)8-12-9-21-22-16(12)15/h8-9,13,17,25H,2-7H2,1H3,(H,21,22). The summed E-state index contributed by atoms with van der Waals surface area (Å²) in [5.41, 5.74) is 2.65. The molecular weight excluding hydrogens is 328 g/mol. The number of nitrogens with zero attached hydrogens (tertiary/aromatic N) is 2. The van der Waals surface area contributed by atoms with Gasteiger partial charge in [-0.05, 0) is 42.9 Å². The minimum atomic E-state index is -3.24. The van der Waals surface area contributed by atoms with E-state index in [1.54, 1.807) is 11.1 Å². The summed E-state index contributed by atoms with van der Waals surface area (Å²) < 4.78 is 30.2. The first-order valence-electron chi connectivity index (χ1n) is 8.68. The first-order chi connectivity index (χ1) is 11.9. The van der Waals surface area contributed by atoms with Crippen molar-refractivity contribution in [3.05, 3.63) is 29.0 Å². The predicted molar refractivity (Wildman–Crippen MR) is 88.4 cm³/mol. The number of aromatic nitrogens is 2. The molecule has 5 nitrogen and oxygen atoms in total. The van der Waals surface area contributed by atoms with E-state index >= 15 is 8.78 Å². The molecule has 1 atom stereocenters. The Morgan fingerprint density at radius 3 is 2.72 bits per heavy atom. The van der Waals surface area contributed by atoms with E-state index in [0.29, 0.717) is 30.6 Å². The first kappa shape index (κ1) is 16.4. The van der Waals surface area contributed by atoms with Gasteiger partial charge in [0.15, 0.2) is 0 Å². The third kappa shape index (κ3) is 2.52. The van der Waals surface area contributed by atoms with Crippen LogP contribution in [0.3, 0.4) is 0 Å². The Kier molecular flexibility index (Phi) is 3.79. The van der Waals surface area contributed by atoms with Crippen LogP contribution in [0.2, 0.25) is 0 Å². The molecule has 0 radical (unpaired) electrons. The number of aryl methyl sites for hydroxylation is 1. The van der Waals surface area contributed by atoms with E-state index in [-0.39, 0.29) is 18.7 Å². The number of carbonyl (C=O) groups is 1. The number of nitrogens with one attached hydrogen (secondary N) is 1. The fourth-order valence-corrected chi connectivity index (χ4v) is 4.12. The monoisotopic (exact) mass is 349 g/mol. The molecule has 134 valence electrons. The van der Waals surface area contributed by atoms with Crippen molar-refractivity contribution in [1.29, 1.82) is 0 Å². The smallest absolute Gasteiger partial charge is 0.280 e. The number of aliphatic hydroxyl groups excluding tert-OH is 1. The molecule has 2 heterocycles. The van der Waals surface area contributed by atoms with Gasteiger partial charge in [-0.25, -0.2) is 8.78 Å². The van der Waals surface area contributed by atoms with Crippen LogP contribution in [-0.4, -0.2) is 45.1 Å². The zero-order chi connectivity index (χ0) is 17.8. The highest BCUT2D eigenvalue weighted by Gasteiger charge is 2.49. The second-order valence-electron chi connectivity index (χ2n) is 7.12. The molecule has 1 fully saturated rings. The van der Waals surface area contributed by atoms with Gasteiger partial charge in [-0.3, -0.25) is 9.89 Å². The molecule has 1 aromatic heterocycles. The first-order valence-corrected chi connectivity index (χ1v) is 8.68. The lowest BCUT2D eigenvalue weighted by Gasteiger charge is -2.38. The van der Waals surface area contributed by atoms with Crippen molar-refractivity contribution in [3.8, 4) is 0 Å². The summed E-state index contributed by atoms with van der Waals surface area (Å²) in [6.45, 7) is 2.08. The van der Waals surface area contributed by atoms with Crippen LogP contribution in [0, 0.1) is 5.92 Å². The van der Waals surface area contributed by atoms with Crippen LogP contribution in [0.5, 0.6) is 0 Å². The lowest BCUT2D eigenvalue weighted by molar-refractivity contribution is -0.163. The van der Waals surface area contributed by atoms with Gasteiger partial charge in [-0.2, -0.15) is 5.10 Å². The minimum absolute atomic E-state index is 0.0918. The number of amides is 1. The summed E-state index contributed by atoms with van der Waals surface area (Å²) in [4.78, 5) is 13.0. The molecule has 1 saturated heterocycles. The summed E-state index contributed by atoms with van der Waals surface area (Å²) in [7, 11) is 0. The number of hydrogen-bond acceptors (Lipinski definition) is 3. The third-order valence-corrected chi connectivity index (χ3v) is 5.75. The molecule has 2 aromatic rings. The fraction of sp³-hybridized carbons (Fsp3) is 0.556. The van der Waals surface area contributed by atoms with Gasteiger partial charge in [0.05, 0.1) is 11.7 Å². The van der Waals surface area contributed by atoms with Gasteiger partial charge >= 0.3 is 0 Å². The number of hydrogen-bond donors (Lipinski definition) is 2. The van der Waals surface area contributed by atoms with Gasteiger partial charge in [-0.15, -0.1) is 0 Å². The number of rotatable bonds is 3. The summed E-state index contributed by atoms with van der Waals surface area (Å²) in [5, 5.41) is 18.1. The largest absolute Gasteiger partial charge is 0.382 e. The van der Waals surface area contributed by atoms with Crippen LogP contribution >= 0.6 is 0 Å². The van der Waals surface area contributed by atoms with Gasteiger partial charge in [0.1, 0.15) is 6.10 Å². The highest BCUT2D eigenvalue weighted by molar-refractivity contribution is 5.85. The van der Waals surface area contributed by atoms with Crippen LogP contribution in [0.4, 0.5) is 8.78 Å². The molecule has 1 aliphatic heterocycles. The molecule has 4 rings (SSSR count). The molecule has 1 aliphatic carbocycles. The van der Waals surface area contributed by atoms with Crippen LogP contribution in [0.25, 0.3) is 10.9 Å². The van der Waals surface area contributed by atoms with Crippen molar-refractivity contribution < 1.29 is 18.7 Å². The van der Waals surface area contributed by atoms with Crippen molar-refractivity contribution in [1.82, 2.24) is 15.1 Å². The fourth-order valence-electron chi connectivity index (χ4n) is 4.12. The highest BCUT2D eigenvalue weighted by atomic mass is 19.3. The number of H-pyrrole nitrogens is 1. The van der Waals surface area contributed by atoms with E-state index in [9.17, 15) is 9.90 Å². The Morgan fingerprint density at radius 1 is 1.40 bits per heavy atom. The van der Waals surface area contributed by atoms with Crippen molar-refractivity contribution in [2.24, 2.45) is 5.92 Å². The maximum atomic E-state index is 15.1. The average Bonchev–Trinajstić information content (AvgIpc) is 3.03. The third-order valence-electron chi connectivity index (χ3n) is 5.75. The number of aromatic amines is 1. The quantitative estimate of drug-likeness (QED) is 0.895. The van der Waals surface area contributed by atoms with Gasteiger partial charge in [-0.1, -0.05) is 0 Å². The van der Waals surface area contributed by atoms with Gasteiger partial charge in [0.25, 0.3) is 5.92 Å². The summed E-state index contributed by atoms with van der Waals surface area (Å²) in [6, 6.07) is 1.96. The number of carbonyl (C=O) groups excluding carboxylic acids is 1. The second kappa shape index (κ2) is 5.76. The Morgan fingerprint density at radius 2 is 2.12 bits per heavy atom. The number of fused-ring (bicyclic) bond motifs is 2. The zero-order valence-corrected chi connectivity index (χ0v) is 14.1. The molecule has 7 heteroatoms. The van der Waals surface area contributed by atoms with Gasteiger partial charge in [0, 0.05) is 36.9 Å². The topological polar surface area (TPSA) is 69.2 Å².